The molecule has 0 spiro atoms. The minimum atomic E-state index is 0.00917. The zero-order chi connectivity index (χ0) is 13.1. The quantitative estimate of drug-likeness (QED) is 0.772. The minimum Gasteiger partial charge on any atom is -0.394 e. The first-order chi connectivity index (χ1) is 8.65. The molecule has 2 aromatic heterocycles. The van der Waals surface area contributed by atoms with E-state index in [9.17, 15) is 5.11 Å². The van der Waals surface area contributed by atoms with Gasteiger partial charge in [-0.05, 0) is 24.3 Å². The largest absolute Gasteiger partial charge is 0.394 e. The number of aliphatic hydroxyl groups excluding tert-OH is 1. The molecule has 4 N–H and O–H groups in total. The van der Waals surface area contributed by atoms with E-state index in [0.717, 1.165) is 34.4 Å². The van der Waals surface area contributed by atoms with Gasteiger partial charge in [-0.15, -0.1) is 11.3 Å². The summed E-state index contributed by atoms with van der Waals surface area (Å²) in [6, 6.07) is 0.00917. The van der Waals surface area contributed by atoms with Crippen molar-refractivity contribution in [2.45, 2.75) is 32.7 Å². The van der Waals surface area contributed by atoms with Gasteiger partial charge in [0.25, 0.3) is 0 Å². The van der Waals surface area contributed by atoms with Gasteiger partial charge in [0, 0.05) is 0 Å². The van der Waals surface area contributed by atoms with Crippen molar-refractivity contribution in [1.82, 2.24) is 9.97 Å². The molecule has 2 rings (SSSR count). The summed E-state index contributed by atoms with van der Waals surface area (Å²) in [6.07, 6.45) is 1.90. The zero-order valence-electron chi connectivity index (χ0n) is 10.6. The van der Waals surface area contributed by atoms with Crippen LogP contribution in [0.15, 0.2) is 5.38 Å². The molecule has 1 atom stereocenters. The molecule has 0 amide bonds. The second kappa shape index (κ2) is 5.49. The molecule has 6 heteroatoms. The van der Waals surface area contributed by atoms with Crippen LogP contribution in [0.5, 0.6) is 0 Å². The Morgan fingerprint density at radius 2 is 2.28 bits per heavy atom. The number of nitrogen functional groups attached to an aromatic ring is 1. The molecule has 0 radical (unpaired) electrons. The molecule has 18 heavy (non-hydrogen) atoms. The van der Waals surface area contributed by atoms with E-state index in [2.05, 4.69) is 22.2 Å². The van der Waals surface area contributed by atoms with E-state index in [-0.39, 0.29) is 18.6 Å². The number of anilines is 2. The first kappa shape index (κ1) is 13.0. The minimum absolute atomic E-state index is 0.00917. The fourth-order valence-corrected chi connectivity index (χ4v) is 2.84. The lowest BCUT2D eigenvalue weighted by molar-refractivity contribution is 0.268. The summed E-state index contributed by atoms with van der Waals surface area (Å²) in [5, 5.41) is 14.6. The molecule has 2 heterocycles. The number of fused-ring (bicyclic) bond motifs is 1. The van der Waals surface area contributed by atoms with E-state index in [1.807, 2.05) is 12.3 Å². The van der Waals surface area contributed by atoms with Gasteiger partial charge in [0.05, 0.1) is 22.9 Å². The Hall–Kier alpha value is -1.40. The lowest BCUT2D eigenvalue weighted by Crippen LogP contribution is -2.24. The Morgan fingerprint density at radius 1 is 1.50 bits per heavy atom. The van der Waals surface area contributed by atoms with Gasteiger partial charge in [0.15, 0.2) is 0 Å². The van der Waals surface area contributed by atoms with Crippen molar-refractivity contribution >= 4 is 33.3 Å². The van der Waals surface area contributed by atoms with Crippen LogP contribution in [0, 0.1) is 6.92 Å². The molecule has 0 bridgehead atoms. The van der Waals surface area contributed by atoms with Crippen molar-refractivity contribution < 1.29 is 5.11 Å². The van der Waals surface area contributed by atoms with Gasteiger partial charge in [-0.2, -0.15) is 4.98 Å². The average Bonchev–Trinajstić information content (AvgIpc) is 2.71. The number of nitrogens with zero attached hydrogens (tertiary/aromatic N) is 2. The van der Waals surface area contributed by atoms with E-state index in [1.54, 1.807) is 11.3 Å². The Balaban J connectivity index is 2.37. The number of rotatable bonds is 5. The van der Waals surface area contributed by atoms with Crippen molar-refractivity contribution in [2.24, 2.45) is 0 Å². The lowest BCUT2D eigenvalue weighted by atomic mass is 10.2. The molecule has 2 aromatic rings. The number of aliphatic hydroxyl groups is 1. The first-order valence-corrected chi connectivity index (χ1v) is 6.92. The maximum absolute atomic E-state index is 9.33. The molecule has 0 fully saturated rings. The fraction of sp³-hybridized carbons (Fsp3) is 0.500. The molecule has 0 aliphatic carbocycles. The van der Waals surface area contributed by atoms with Crippen LogP contribution in [-0.4, -0.2) is 27.7 Å². The van der Waals surface area contributed by atoms with E-state index in [4.69, 9.17) is 5.73 Å². The Labute approximate surface area is 110 Å². The number of hydrogen-bond acceptors (Lipinski definition) is 6. The van der Waals surface area contributed by atoms with Crippen LogP contribution in [0.3, 0.4) is 0 Å². The van der Waals surface area contributed by atoms with Crippen LogP contribution in [0.2, 0.25) is 0 Å². The summed E-state index contributed by atoms with van der Waals surface area (Å²) in [5.74, 6) is 0.989. The standard InChI is InChI=1S/C12H18N4OS/c1-3-4-8(5-17)14-11-10-9(7(2)6-18-10)15-12(13)16-11/h6,8,17H,3-5H2,1-2H3,(H3,13,14,15,16)/t8-/m0/s1. The highest BCUT2D eigenvalue weighted by molar-refractivity contribution is 7.18. The Bertz CT molecular complexity index is 540. The molecule has 98 valence electrons. The topological polar surface area (TPSA) is 84.1 Å². The van der Waals surface area contributed by atoms with Crippen molar-refractivity contribution in [2.75, 3.05) is 17.7 Å². The van der Waals surface area contributed by atoms with Gasteiger partial charge in [-0.25, -0.2) is 4.98 Å². The van der Waals surface area contributed by atoms with Gasteiger partial charge >= 0.3 is 0 Å². The van der Waals surface area contributed by atoms with Gasteiger partial charge in [-0.3, -0.25) is 0 Å². The van der Waals surface area contributed by atoms with E-state index in [1.165, 1.54) is 0 Å². The number of nitrogens with two attached hydrogens (primary N) is 1. The van der Waals surface area contributed by atoms with E-state index >= 15 is 0 Å². The van der Waals surface area contributed by atoms with Crippen LogP contribution in [0.4, 0.5) is 11.8 Å². The first-order valence-electron chi connectivity index (χ1n) is 6.04. The number of nitrogens with one attached hydrogen (secondary N) is 1. The second-order valence-electron chi connectivity index (χ2n) is 4.34. The van der Waals surface area contributed by atoms with E-state index < -0.39 is 0 Å². The van der Waals surface area contributed by atoms with Crippen molar-refractivity contribution in [3.63, 3.8) is 0 Å². The number of aryl methyl sites for hydroxylation is 1. The monoisotopic (exact) mass is 266 g/mol. The van der Waals surface area contributed by atoms with Gasteiger partial charge in [0.1, 0.15) is 5.82 Å². The molecule has 0 saturated carbocycles. The average molecular weight is 266 g/mol. The molecular formula is C12H18N4OS. The summed E-state index contributed by atoms with van der Waals surface area (Å²) >= 11 is 1.60. The molecule has 5 nitrogen and oxygen atoms in total. The van der Waals surface area contributed by atoms with E-state index in [0.29, 0.717) is 0 Å². The maximum Gasteiger partial charge on any atom is 0.222 e. The third kappa shape index (κ3) is 2.54. The third-order valence-electron chi connectivity index (χ3n) is 2.81. The van der Waals surface area contributed by atoms with Crippen LogP contribution >= 0.6 is 11.3 Å². The van der Waals surface area contributed by atoms with Crippen LogP contribution in [0.1, 0.15) is 25.3 Å². The van der Waals surface area contributed by atoms with Gasteiger partial charge < -0.3 is 16.2 Å². The SMILES string of the molecule is CCC[C@@H](CO)Nc1nc(N)nc2c(C)csc12. The van der Waals surface area contributed by atoms with Gasteiger partial charge in [-0.1, -0.05) is 13.3 Å². The summed E-state index contributed by atoms with van der Waals surface area (Å²) in [5.41, 5.74) is 7.72. The smallest absolute Gasteiger partial charge is 0.222 e. The molecule has 0 unspecified atom stereocenters. The summed E-state index contributed by atoms with van der Waals surface area (Å²) in [6.45, 7) is 4.18. The van der Waals surface area contributed by atoms with Crippen molar-refractivity contribution in [1.29, 1.82) is 0 Å². The normalized spacial score (nSPS) is 12.8. The summed E-state index contributed by atoms with van der Waals surface area (Å²) in [4.78, 5) is 8.49. The third-order valence-corrected chi connectivity index (χ3v) is 3.90. The van der Waals surface area contributed by atoms with Gasteiger partial charge in [0.2, 0.25) is 5.95 Å². The Morgan fingerprint density at radius 3 is 2.94 bits per heavy atom. The summed E-state index contributed by atoms with van der Waals surface area (Å²) < 4.78 is 0.997. The lowest BCUT2D eigenvalue weighted by Gasteiger charge is -2.16. The highest BCUT2D eigenvalue weighted by Crippen LogP contribution is 2.30. The summed E-state index contributed by atoms with van der Waals surface area (Å²) in [7, 11) is 0. The van der Waals surface area contributed by atoms with Crippen LogP contribution in [0.25, 0.3) is 10.2 Å². The molecule has 0 aliphatic rings. The number of hydrogen-bond donors (Lipinski definition) is 3. The maximum atomic E-state index is 9.33. The molecule has 0 aromatic carbocycles. The van der Waals surface area contributed by atoms with Crippen molar-refractivity contribution in [3.8, 4) is 0 Å². The number of aromatic nitrogens is 2. The molecular weight excluding hydrogens is 248 g/mol. The predicted octanol–water partition coefficient (Wildman–Crippen LogP) is 2.15. The molecule has 0 aliphatic heterocycles. The highest BCUT2D eigenvalue weighted by Gasteiger charge is 2.13. The predicted molar refractivity (Wildman–Crippen MR) is 76.0 cm³/mol. The van der Waals surface area contributed by atoms with Crippen LogP contribution < -0.4 is 11.1 Å². The zero-order valence-corrected chi connectivity index (χ0v) is 11.4. The fourth-order valence-electron chi connectivity index (χ4n) is 1.90. The number of thiophene rings is 1. The second-order valence-corrected chi connectivity index (χ2v) is 5.22. The molecule has 0 saturated heterocycles. The highest BCUT2D eigenvalue weighted by atomic mass is 32.1. The van der Waals surface area contributed by atoms with Crippen molar-refractivity contribution in [3.05, 3.63) is 10.9 Å². The Kier molecular flexibility index (Phi) is 3.98. The van der Waals surface area contributed by atoms with Crippen LogP contribution in [-0.2, 0) is 0 Å².